The molecule has 0 saturated heterocycles. The van der Waals surface area contributed by atoms with Crippen LogP contribution in [0.3, 0.4) is 0 Å². The van der Waals surface area contributed by atoms with E-state index in [1.165, 1.54) is 18.2 Å². The summed E-state index contributed by atoms with van der Waals surface area (Å²) in [5.41, 5.74) is 5.66. The van der Waals surface area contributed by atoms with Gasteiger partial charge in [-0.3, -0.25) is 14.4 Å². The third-order valence-electron chi connectivity index (χ3n) is 2.95. The minimum Gasteiger partial charge on any atom is -0.481 e. The summed E-state index contributed by atoms with van der Waals surface area (Å²) in [4.78, 5) is 33.3. The molecule has 1 fully saturated rings. The summed E-state index contributed by atoms with van der Waals surface area (Å²) in [5.74, 6) is -3.11. The number of carboxylic acid groups (broad SMARTS) is 1. The fraction of sp³-hybridized carbons (Fsp3) is 0.250. The topological polar surface area (TPSA) is 109 Å². The van der Waals surface area contributed by atoms with Crippen molar-refractivity contribution in [3.8, 4) is 0 Å². The highest BCUT2D eigenvalue weighted by Gasteiger charge is 2.48. The third-order valence-corrected chi connectivity index (χ3v) is 3.26. The molecule has 6 nitrogen and oxygen atoms in total. The second-order valence-corrected chi connectivity index (χ2v) is 4.74. The Morgan fingerprint density at radius 2 is 2.00 bits per heavy atom. The normalized spacial score (nSPS) is 20.7. The van der Waals surface area contributed by atoms with Gasteiger partial charge in [-0.2, -0.15) is 0 Å². The van der Waals surface area contributed by atoms with E-state index in [9.17, 15) is 14.4 Å². The first-order valence-electron chi connectivity index (χ1n) is 5.53. The van der Waals surface area contributed by atoms with E-state index in [4.69, 9.17) is 22.4 Å². The Morgan fingerprint density at radius 3 is 2.47 bits per heavy atom. The van der Waals surface area contributed by atoms with E-state index < -0.39 is 23.7 Å². The summed E-state index contributed by atoms with van der Waals surface area (Å²) >= 11 is 5.84. The average molecular weight is 283 g/mol. The number of hydrogen-bond acceptors (Lipinski definition) is 3. The molecule has 2 rings (SSSR count). The number of carboxylic acids is 1. The number of primary amides is 1. The highest BCUT2D eigenvalue weighted by Crippen LogP contribution is 2.39. The minimum absolute atomic E-state index is 0.135. The number of anilines is 1. The quantitative estimate of drug-likeness (QED) is 0.768. The van der Waals surface area contributed by atoms with Crippen LogP contribution in [0.1, 0.15) is 16.8 Å². The highest BCUT2D eigenvalue weighted by atomic mass is 35.5. The molecular weight excluding hydrogens is 272 g/mol. The molecule has 2 atom stereocenters. The van der Waals surface area contributed by atoms with Gasteiger partial charge in [-0.15, -0.1) is 0 Å². The van der Waals surface area contributed by atoms with E-state index in [0.29, 0.717) is 12.1 Å². The fourth-order valence-corrected chi connectivity index (χ4v) is 2.06. The average Bonchev–Trinajstić information content (AvgIpc) is 3.08. The summed E-state index contributed by atoms with van der Waals surface area (Å²) in [6.07, 6.45) is 0.342. The van der Waals surface area contributed by atoms with Gasteiger partial charge in [0.2, 0.25) is 11.8 Å². The summed E-state index contributed by atoms with van der Waals surface area (Å²) < 4.78 is 0. The Labute approximate surface area is 113 Å². The Kier molecular flexibility index (Phi) is 3.44. The molecule has 0 unspecified atom stereocenters. The van der Waals surface area contributed by atoms with Crippen LogP contribution < -0.4 is 11.1 Å². The predicted octanol–water partition coefficient (Wildman–Crippen LogP) is 1.10. The van der Waals surface area contributed by atoms with E-state index in [0.717, 1.165) is 0 Å². The van der Waals surface area contributed by atoms with Gasteiger partial charge < -0.3 is 16.2 Å². The second kappa shape index (κ2) is 4.89. The number of rotatable bonds is 4. The van der Waals surface area contributed by atoms with Crippen molar-refractivity contribution in [3.63, 3.8) is 0 Å². The number of carbonyl (C=O) groups is 3. The molecule has 7 heteroatoms. The summed E-state index contributed by atoms with van der Waals surface area (Å²) in [6.45, 7) is 0. The molecule has 1 aliphatic carbocycles. The number of halogens is 1. The zero-order valence-corrected chi connectivity index (χ0v) is 10.5. The molecule has 100 valence electrons. The van der Waals surface area contributed by atoms with Crippen LogP contribution in [-0.4, -0.2) is 22.9 Å². The standard InChI is InChI=1S/C12H11ClN2O4/c13-9-3-5(1-2-6(9)10(14)16)15-11(17)7-4-8(7)12(18)19/h1-3,7-8H,4H2,(H2,14,16)(H,15,17)(H,18,19)/t7-,8+/m1/s1. The maximum absolute atomic E-state index is 11.7. The van der Waals surface area contributed by atoms with Crippen LogP contribution >= 0.6 is 11.6 Å². The van der Waals surface area contributed by atoms with Gasteiger partial charge in [0.05, 0.1) is 22.4 Å². The number of aliphatic carboxylic acids is 1. The van der Waals surface area contributed by atoms with Gasteiger partial charge >= 0.3 is 5.97 Å². The van der Waals surface area contributed by atoms with Gasteiger partial charge in [0, 0.05) is 5.69 Å². The Morgan fingerprint density at radius 1 is 1.32 bits per heavy atom. The molecule has 2 amide bonds. The Balaban J connectivity index is 2.04. The van der Waals surface area contributed by atoms with Crippen LogP contribution in [0.4, 0.5) is 5.69 Å². The van der Waals surface area contributed by atoms with E-state index in [1.54, 1.807) is 0 Å². The summed E-state index contributed by atoms with van der Waals surface area (Å²) in [7, 11) is 0. The summed E-state index contributed by atoms with van der Waals surface area (Å²) in [6, 6.07) is 4.29. The van der Waals surface area contributed by atoms with Gasteiger partial charge in [0.1, 0.15) is 0 Å². The first kappa shape index (κ1) is 13.4. The Bertz CT molecular complexity index is 573. The third kappa shape index (κ3) is 2.85. The first-order valence-corrected chi connectivity index (χ1v) is 5.91. The number of benzene rings is 1. The molecule has 0 aliphatic heterocycles. The molecule has 1 aromatic carbocycles. The molecule has 1 aromatic rings. The van der Waals surface area contributed by atoms with Crippen molar-refractivity contribution in [2.75, 3.05) is 5.32 Å². The molecule has 19 heavy (non-hydrogen) atoms. The van der Waals surface area contributed by atoms with Crippen LogP contribution in [0.5, 0.6) is 0 Å². The van der Waals surface area contributed by atoms with Crippen molar-refractivity contribution in [3.05, 3.63) is 28.8 Å². The zero-order chi connectivity index (χ0) is 14.2. The lowest BCUT2D eigenvalue weighted by Gasteiger charge is -2.06. The van der Waals surface area contributed by atoms with E-state index >= 15 is 0 Å². The largest absolute Gasteiger partial charge is 0.481 e. The van der Waals surface area contributed by atoms with Gasteiger partial charge in [-0.25, -0.2) is 0 Å². The number of nitrogens with two attached hydrogens (primary N) is 1. The number of amides is 2. The van der Waals surface area contributed by atoms with Crippen LogP contribution in [0.2, 0.25) is 5.02 Å². The van der Waals surface area contributed by atoms with Crippen molar-refractivity contribution < 1.29 is 19.5 Å². The van der Waals surface area contributed by atoms with Crippen molar-refractivity contribution >= 4 is 35.1 Å². The molecule has 1 aliphatic rings. The predicted molar refractivity (Wildman–Crippen MR) is 67.8 cm³/mol. The zero-order valence-electron chi connectivity index (χ0n) is 9.72. The minimum atomic E-state index is -0.970. The van der Waals surface area contributed by atoms with Gasteiger partial charge in [-0.05, 0) is 24.6 Å². The van der Waals surface area contributed by atoms with Crippen molar-refractivity contribution in [1.29, 1.82) is 0 Å². The van der Waals surface area contributed by atoms with Gasteiger partial charge in [0.25, 0.3) is 0 Å². The van der Waals surface area contributed by atoms with Crippen LogP contribution in [0.25, 0.3) is 0 Å². The van der Waals surface area contributed by atoms with Crippen LogP contribution in [-0.2, 0) is 9.59 Å². The number of nitrogens with one attached hydrogen (secondary N) is 1. The van der Waals surface area contributed by atoms with E-state index in [-0.39, 0.29) is 16.5 Å². The lowest BCUT2D eigenvalue weighted by molar-refractivity contribution is -0.139. The van der Waals surface area contributed by atoms with Crippen LogP contribution in [0.15, 0.2) is 18.2 Å². The molecular formula is C12H11ClN2O4. The molecule has 0 spiro atoms. The summed E-state index contributed by atoms with van der Waals surface area (Å²) in [5, 5.41) is 11.4. The Hall–Kier alpha value is -2.08. The van der Waals surface area contributed by atoms with Gasteiger partial charge in [-0.1, -0.05) is 11.6 Å². The van der Waals surface area contributed by atoms with Crippen molar-refractivity contribution in [2.45, 2.75) is 6.42 Å². The molecule has 0 aromatic heterocycles. The SMILES string of the molecule is NC(=O)c1ccc(NC(=O)[C@@H]2C[C@@H]2C(=O)O)cc1Cl. The van der Waals surface area contributed by atoms with Crippen molar-refractivity contribution in [2.24, 2.45) is 17.6 Å². The molecule has 4 N–H and O–H groups in total. The van der Waals surface area contributed by atoms with Crippen LogP contribution in [0, 0.1) is 11.8 Å². The molecule has 0 bridgehead atoms. The van der Waals surface area contributed by atoms with Gasteiger partial charge in [0.15, 0.2) is 0 Å². The van der Waals surface area contributed by atoms with E-state index in [1.807, 2.05) is 0 Å². The van der Waals surface area contributed by atoms with Crippen molar-refractivity contribution in [1.82, 2.24) is 0 Å². The van der Waals surface area contributed by atoms with E-state index in [2.05, 4.69) is 5.32 Å². The number of hydrogen-bond donors (Lipinski definition) is 3. The first-order chi connectivity index (χ1) is 8.90. The lowest BCUT2D eigenvalue weighted by atomic mass is 10.2. The maximum atomic E-state index is 11.7. The smallest absolute Gasteiger partial charge is 0.307 e. The highest BCUT2D eigenvalue weighted by molar-refractivity contribution is 6.34. The fourth-order valence-electron chi connectivity index (χ4n) is 1.79. The number of carbonyl (C=O) groups excluding carboxylic acids is 2. The molecule has 0 radical (unpaired) electrons. The second-order valence-electron chi connectivity index (χ2n) is 4.34. The monoisotopic (exact) mass is 282 g/mol. The maximum Gasteiger partial charge on any atom is 0.307 e. The molecule has 1 saturated carbocycles. The molecule has 0 heterocycles. The lowest BCUT2D eigenvalue weighted by Crippen LogP contribution is -2.17.